The maximum absolute atomic E-state index is 5.24. The van der Waals surface area contributed by atoms with Gasteiger partial charge in [-0.25, -0.2) is 16.7 Å². The molecule has 4 aromatic rings. The summed E-state index contributed by atoms with van der Waals surface area (Å²) in [5, 5.41) is 6.53. The molecule has 1 aliphatic rings. The molecule has 0 spiro atoms. The van der Waals surface area contributed by atoms with Crippen LogP contribution in [0.4, 0.5) is 5.69 Å². The Balaban J connectivity index is 0.000000486. The normalized spacial score (nSPS) is 13.2. The Morgan fingerprint density at radius 3 is 1.70 bits per heavy atom. The molecule has 0 aromatic heterocycles. The first-order valence-electron chi connectivity index (χ1n) is 14.2. The number of rotatable bonds is 5. The second-order valence-corrected chi connectivity index (χ2v) is 19.6. The van der Waals surface area contributed by atoms with Crippen molar-refractivity contribution in [2.75, 3.05) is 6.61 Å². The van der Waals surface area contributed by atoms with Crippen molar-refractivity contribution < 1.29 is 16.1 Å². The topological polar surface area (TPSA) is 33.6 Å². The van der Waals surface area contributed by atoms with Gasteiger partial charge >= 0.3 is 41.5 Å². The van der Waals surface area contributed by atoms with Gasteiger partial charge in [-0.1, -0.05) is 106 Å². The van der Waals surface area contributed by atoms with Gasteiger partial charge in [0.15, 0.2) is 13.9 Å². The zero-order valence-electron chi connectivity index (χ0n) is 25.4. The van der Waals surface area contributed by atoms with Crippen LogP contribution in [0.2, 0.25) is 0 Å². The number of hydrogen-bond donors (Lipinski definition) is 1. The van der Waals surface area contributed by atoms with Crippen molar-refractivity contribution in [2.24, 2.45) is 4.99 Å². The molecule has 43 heavy (non-hydrogen) atoms. The molecule has 0 unspecified atom stereocenters. The summed E-state index contributed by atoms with van der Waals surface area (Å²) in [7, 11) is 13.5. The van der Waals surface area contributed by atoms with Gasteiger partial charge in [0, 0.05) is 12.2 Å². The molecule has 1 heterocycles. The summed E-state index contributed by atoms with van der Waals surface area (Å²) in [6, 6.07) is 36.7. The van der Waals surface area contributed by atoms with Crippen molar-refractivity contribution in [3.63, 3.8) is 0 Å². The second kappa shape index (κ2) is 18.2. The minimum absolute atomic E-state index is 0.110. The minimum atomic E-state index is -1.62. The predicted molar refractivity (Wildman–Crippen MR) is 188 cm³/mol. The van der Waals surface area contributed by atoms with E-state index in [1.807, 2.05) is 6.61 Å². The van der Waals surface area contributed by atoms with Crippen LogP contribution >= 0.6 is 38.2 Å². The molecular weight excluding hydrogens is 654 g/mol. The van der Waals surface area contributed by atoms with Gasteiger partial charge in [0.1, 0.15) is 10.6 Å². The first-order valence-corrected chi connectivity index (χ1v) is 21.0. The van der Waals surface area contributed by atoms with Gasteiger partial charge in [0.05, 0.1) is 5.69 Å². The fraction of sp³-hybridized carbons (Fsp3) is 0.257. The van der Waals surface area contributed by atoms with Crippen molar-refractivity contribution in [3.05, 3.63) is 132 Å². The van der Waals surface area contributed by atoms with E-state index < -0.39 is 19.5 Å². The Hall–Kier alpha value is -1.86. The Morgan fingerprint density at radius 2 is 1.30 bits per heavy atom. The van der Waals surface area contributed by atoms with Gasteiger partial charge in [0.25, 0.3) is 0 Å². The van der Waals surface area contributed by atoms with Crippen LogP contribution in [0.15, 0.2) is 108 Å². The number of hydrogen-bond acceptors (Lipinski definition) is 2. The molecule has 4 aromatic carbocycles. The van der Waals surface area contributed by atoms with E-state index in [0.717, 1.165) is 30.1 Å². The summed E-state index contributed by atoms with van der Waals surface area (Å²) in [5.41, 5.74) is 5.92. The first kappa shape index (κ1) is 35.6. The van der Waals surface area contributed by atoms with E-state index >= 15 is 0 Å². The molecule has 1 saturated heterocycles. The number of ether oxygens (including phenoxy) is 1. The molecule has 0 saturated carbocycles. The second-order valence-electron chi connectivity index (χ2n) is 11.1. The number of aliphatic imine (C=N–C) groups is 1. The Labute approximate surface area is 276 Å². The van der Waals surface area contributed by atoms with Crippen LogP contribution in [0.5, 0.6) is 0 Å². The average Bonchev–Trinajstić information content (AvgIpc) is 3.58. The molecule has 0 bridgehead atoms. The monoisotopic (exact) mass is 693 g/mol. The van der Waals surface area contributed by atoms with E-state index in [1.165, 1.54) is 33.7 Å². The molecule has 228 valence electrons. The van der Waals surface area contributed by atoms with Crippen LogP contribution in [-0.2, 0) is 21.5 Å². The number of halogens is 3. The third kappa shape index (κ3) is 12.2. The predicted octanol–water partition coefficient (Wildman–Crippen LogP) is 10.1. The molecule has 8 heteroatoms. The molecule has 0 aliphatic carbocycles. The van der Waals surface area contributed by atoms with Crippen LogP contribution in [-0.4, -0.2) is 12.4 Å². The zero-order chi connectivity index (χ0) is 31.2. The van der Waals surface area contributed by atoms with Crippen LogP contribution in [0.25, 0.3) is 0 Å². The molecule has 5 rings (SSSR count). The van der Waals surface area contributed by atoms with Crippen molar-refractivity contribution in [3.8, 4) is 0 Å². The molecule has 1 fully saturated rings. The fourth-order valence-electron chi connectivity index (χ4n) is 4.44. The summed E-state index contributed by atoms with van der Waals surface area (Å²) in [4.78, 5) is 5.24. The van der Waals surface area contributed by atoms with E-state index in [-0.39, 0.29) is 5.41 Å². The standard InChI is InChI=1S/C31H33N2P.C4H7O.3ClH.Cr/c1-23-13-12-14-24(2)29(23)32-30(25-19-21-26(22-20-25)31(3,4)5)33-34(27-15-8-6-9-16-27)28-17-10-7-11-18-28;1-2-4-5-3-1;;;;/h6-22H,1-5H3,(H,32,33);3H,1-2,4H2;3*1H;/q;-1;;;;+4/p-2. The molecule has 3 nitrogen and oxygen atoms in total. The van der Waals surface area contributed by atoms with Gasteiger partial charge in [-0.05, 0) is 60.2 Å². The van der Waals surface area contributed by atoms with Crippen LogP contribution < -0.4 is 15.7 Å². The first-order chi connectivity index (χ1) is 20.6. The van der Waals surface area contributed by atoms with Gasteiger partial charge in [-0.2, -0.15) is 6.42 Å². The van der Waals surface area contributed by atoms with Gasteiger partial charge in [-0.3, -0.25) is 0 Å². The van der Waals surface area contributed by atoms with E-state index in [9.17, 15) is 0 Å². The number of aryl methyl sites for hydroxylation is 2. The molecule has 1 N–H and O–H groups in total. The van der Waals surface area contributed by atoms with Crippen molar-refractivity contribution in [1.29, 1.82) is 0 Å². The van der Waals surface area contributed by atoms with Crippen molar-refractivity contribution in [1.82, 2.24) is 5.09 Å². The number of nitrogens with one attached hydrogen (secondary N) is 1. The molecule has 1 aliphatic heterocycles. The molecule has 0 radical (unpaired) electrons. The maximum atomic E-state index is 5.24. The quantitative estimate of drug-likeness (QED) is 0.0977. The van der Waals surface area contributed by atoms with Crippen LogP contribution in [0, 0.1) is 20.5 Å². The third-order valence-corrected chi connectivity index (χ3v) is 9.07. The Morgan fingerprint density at radius 1 is 0.791 bits per heavy atom. The summed E-state index contributed by atoms with van der Waals surface area (Å²) in [6.45, 7) is 13.8. The number of amidine groups is 1. The number of para-hydroxylation sites is 1. The Kier molecular flexibility index (Phi) is 15.1. The zero-order valence-corrected chi connectivity index (χ0v) is 30.0. The molecule has 0 amide bonds. The van der Waals surface area contributed by atoms with E-state index in [2.05, 4.69) is 143 Å². The van der Waals surface area contributed by atoms with Crippen molar-refractivity contribution in [2.45, 2.75) is 52.9 Å². The molecule has 0 atom stereocenters. The van der Waals surface area contributed by atoms with E-state index in [4.69, 9.17) is 39.9 Å². The summed E-state index contributed by atoms with van der Waals surface area (Å²) in [5.74, 6) is 0.916. The third-order valence-electron chi connectivity index (χ3n) is 6.76. The van der Waals surface area contributed by atoms with E-state index in [0.29, 0.717) is 0 Å². The molecular formula is C35H41Cl3CrN2OP+. The van der Waals surface area contributed by atoms with Crippen molar-refractivity contribution >= 4 is 60.4 Å². The Bertz CT molecular complexity index is 1340. The van der Waals surface area contributed by atoms with Gasteiger partial charge in [-0.15, -0.1) is 0 Å². The SMILES string of the molecule is Cc1cccc(C)c1N=C(N[PH+](c1ccccc1)c1ccccc1)c1ccc(C(C)(C)C)cc1.[CH-]1CCCO1.[Cl][Cr+]([Cl])[Cl]. The van der Waals surface area contributed by atoms with E-state index in [1.54, 1.807) is 0 Å². The average molecular weight is 695 g/mol. The van der Waals surface area contributed by atoms with Gasteiger partial charge < -0.3 is 4.74 Å². The summed E-state index contributed by atoms with van der Waals surface area (Å²) < 4.78 is 4.82. The summed E-state index contributed by atoms with van der Waals surface area (Å²) >= 11 is -1.62. The fourth-order valence-corrected chi connectivity index (χ4v) is 6.55. The van der Waals surface area contributed by atoms with Gasteiger partial charge in [0.2, 0.25) is 0 Å². The summed E-state index contributed by atoms with van der Waals surface area (Å²) in [6.07, 6.45) is 2.38. The van der Waals surface area contributed by atoms with Crippen LogP contribution in [0.3, 0.4) is 0 Å². The number of nitrogens with zero attached hydrogens (tertiary/aromatic N) is 1. The number of benzene rings is 4. The van der Waals surface area contributed by atoms with Crippen LogP contribution in [0.1, 0.15) is 55.9 Å².